The molecule has 1 aliphatic heterocycles. The van der Waals surface area contributed by atoms with Gasteiger partial charge < -0.3 is 10.6 Å². The third-order valence-electron chi connectivity index (χ3n) is 3.28. The molecule has 1 heterocycles. The Labute approximate surface area is 121 Å². The first-order chi connectivity index (χ1) is 9.61. The molecule has 1 amide bonds. The van der Waals surface area contributed by atoms with E-state index in [2.05, 4.69) is 10.6 Å². The fourth-order valence-electron chi connectivity index (χ4n) is 2.15. The third-order valence-corrected chi connectivity index (χ3v) is 4.33. The van der Waals surface area contributed by atoms with E-state index in [9.17, 15) is 14.9 Å². The van der Waals surface area contributed by atoms with Gasteiger partial charge in [0, 0.05) is 24.7 Å². The highest BCUT2D eigenvalue weighted by Gasteiger charge is 2.20. The van der Waals surface area contributed by atoms with Crippen LogP contribution in [0.5, 0.6) is 0 Å². The Balaban J connectivity index is 2.13. The number of carbonyl (C=O) groups excluding carboxylic acids is 1. The zero-order valence-electron chi connectivity index (χ0n) is 11.2. The van der Waals surface area contributed by atoms with Crippen molar-refractivity contribution in [2.45, 2.75) is 18.9 Å². The lowest BCUT2D eigenvalue weighted by Crippen LogP contribution is -2.37. The lowest BCUT2D eigenvalue weighted by atomic mass is 10.1. The van der Waals surface area contributed by atoms with Gasteiger partial charge in [0.05, 0.1) is 4.92 Å². The number of anilines is 1. The topological polar surface area (TPSA) is 84.3 Å². The van der Waals surface area contributed by atoms with Gasteiger partial charge in [-0.3, -0.25) is 14.9 Å². The Hall–Kier alpha value is -1.76. The molecule has 1 aliphatic rings. The van der Waals surface area contributed by atoms with E-state index < -0.39 is 4.92 Å². The van der Waals surface area contributed by atoms with Crippen molar-refractivity contribution in [2.75, 3.05) is 23.9 Å². The van der Waals surface area contributed by atoms with Crippen LogP contribution in [0.4, 0.5) is 11.4 Å². The van der Waals surface area contributed by atoms with Crippen LogP contribution in [0.1, 0.15) is 23.2 Å². The lowest BCUT2D eigenvalue weighted by Gasteiger charge is -2.22. The van der Waals surface area contributed by atoms with E-state index in [0.717, 1.165) is 24.3 Å². The second kappa shape index (κ2) is 6.60. The van der Waals surface area contributed by atoms with Gasteiger partial charge >= 0.3 is 0 Å². The number of hydrogen-bond acceptors (Lipinski definition) is 5. The molecule has 0 aromatic heterocycles. The largest absolute Gasteiger partial charge is 0.383 e. The highest BCUT2D eigenvalue weighted by Crippen LogP contribution is 2.25. The van der Waals surface area contributed by atoms with Gasteiger partial charge in [0.1, 0.15) is 5.69 Å². The normalized spacial score (nSPS) is 15.7. The summed E-state index contributed by atoms with van der Waals surface area (Å²) in [6.07, 6.45) is 1.90. The first kappa shape index (κ1) is 14.6. The second-order valence-corrected chi connectivity index (χ2v) is 5.82. The molecule has 1 fully saturated rings. The Bertz CT molecular complexity index is 516. The summed E-state index contributed by atoms with van der Waals surface area (Å²) in [5.74, 6) is 1.85. The van der Waals surface area contributed by atoms with Crippen molar-refractivity contribution in [3.8, 4) is 0 Å². The molecule has 0 bridgehead atoms. The molecule has 7 heteroatoms. The molecule has 1 saturated heterocycles. The molecule has 0 aliphatic carbocycles. The van der Waals surface area contributed by atoms with E-state index in [1.165, 1.54) is 6.07 Å². The van der Waals surface area contributed by atoms with Crippen molar-refractivity contribution in [1.82, 2.24) is 5.32 Å². The molecule has 0 spiro atoms. The van der Waals surface area contributed by atoms with Gasteiger partial charge in [0.25, 0.3) is 11.6 Å². The van der Waals surface area contributed by atoms with Crippen LogP contribution < -0.4 is 10.6 Å². The van der Waals surface area contributed by atoms with Crippen LogP contribution in [-0.4, -0.2) is 35.4 Å². The molecule has 20 heavy (non-hydrogen) atoms. The Kier molecular flexibility index (Phi) is 4.84. The van der Waals surface area contributed by atoms with Crippen molar-refractivity contribution in [2.24, 2.45) is 0 Å². The molecular weight excluding hydrogens is 278 g/mol. The van der Waals surface area contributed by atoms with Crippen molar-refractivity contribution in [3.63, 3.8) is 0 Å². The van der Waals surface area contributed by atoms with Gasteiger partial charge in [-0.1, -0.05) is 0 Å². The molecule has 0 unspecified atom stereocenters. The lowest BCUT2D eigenvalue weighted by molar-refractivity contribution is -0.384. The smallest absolute Gasteiger partial charge is 0.293 e. The highest BCUT2D eigenvalue weighted by molar-refractivity contribution is 7.99. The van der Waals surface area contributed by atoms with Crippen molar-refractivity contribution >= 4 is 29.0 Å². The molecule has 2 rings (SSSR count). The number of rotatable bonds is 4. The molecule has 0 saturated carbocycles. The van der Waals surface area contributed by atoms with Gasteiger partial charge in [-0.2, -0.15) is 11.8 Å². The summed E-state index contributed by atoms with van der Waals surface area (Å²) in [5.41, 5.74) is 0.647. The maximum Gasteiger partial charge on any atom is 0.293 e. The number of carbonyl (C=O) groups is 1. The average molecular weight is 295 g/mol. The quantitative estimate of drug-likeness (QED) is 0.657. The molecule has 0 radical (unpaired) electrons. The highest BCUT2D eigenvalue weighted by atomic mass is 32.2. The fraction of sp³-hybridized carbons (Fsp3) is 0.462. The predicted octanol–water partition coefficient (Wildman–Crippen LogP) is 2.26. The maximum atomic E-state index is 12.1. The van der Waals surface area contributed by atoms with E-state index in [1.54, 1.807) is 19.2 Å². The van der Waals surface area contributed by atoms with Crippen LogP contribution in [0, 0.1) is 10.1 Å². The van der Waals surface area contributed by atoms with Crippen LogP contribution in [0.15, 0.2) is 18.2 Å². The molecule has 2 N–H and O–H groups in total. The number of benzene rings is 1. The van der Waals surface area contributed by atoms with E-state index in [-0.39, 0.29) is 17.6 Å². The van der Waals surface area contributed by atoms with Gasteiger partial charge in [0.2, 0.25) is 0 Å². The van der Waals surface area contributed by atoms with E-state index >= 15 is 0 Å². The summed E-state index contributed by atoms with van der Waals surface area (Å²) in [7, 11) is 1.61. The molecule has 108 valence electrons. The average Bonchev–Trinajstić information content (AvgIpc) is 2.47. The van der Waals surface area contributed by atoms with Crippen molar-refractivity contribution in [3.05, 3.63) is 33.9 Å². The third kappa shape index (κ3) is 3.41. The Morgan fingerprint density at radius 2 is 2.10 bits per heavy atom. The van der Waals surface area contributed by atoms with Crippen LogP contribution in [0.3, 0.4) is 0 Å². The summed E-state index contributed by atoms with van der Waals surface area (Å²) < 4.78 is 0. The first-order valence-corrected chi connectivity index (χ1v) is 7.62. The van der Waals surface area contributed by atoms with E-state index in [1.807, 2.05) is 11.8 Å². The first-order valence-electron chi connectivity index (χ1n) is 6.46. The second-order valence-electron chi connectivity index (χ2n) is 4.60. The van der Waals surface area contributed by atoms with E-state index in [0.29, 0.717) is 11.3 Å². The number of thioether (sulfide) groups is 1. The zero-order valence-corrected chi connectivity index (χ0v) is 12.0. The molecule has 1 aromatic carbocycles. The summed E-state index contributed by atoms with van der Waals surface area (Å²) in [6.45, 7) is 0. The van der Waals surface area contributed by atoms with Crippen molar-refractivity contribution < 1.29 is 9.72 Å². The zero-order chi connectivity index (χ0) is 14.5. The van der Waals surface area contributed by atoms with E-state index in [4.69, 9.17) is 0 Å². The van der Waals surface area contributed by atoms with Gasteiger partial charge in [0.15, 0.2) is 0 Å². The van der Waals surface area contributed by atoms with Gasteiger partial charge in [-0.25, -0.2) is 0 Å². The number of nitro groups is 1. The number of hydrogen-bond donors (Lipinski definition) is 2. The number of nitrogens with one attached hydrogen (secondary N) is 2. The van der Waals surface area contributed by atoms with Gasteiger partial charge in [-0.15, -0.1) is 0 Å². The predicted molar refractivity (Wildman–Crippen MR) is 80.5 cm³/mol. The molecule has 6 nitrogen and oxygen atoms in total. The van der Waals surface area contributed by atoms with Crippen LogP contribution in [0.2, 0.25) is 0 Å². The molecule has 0 atom stereocenters. The minimum Gasteiger partial charge on any atom is -0.383 e. The molecular formula is C13H17N3O3S. The van der Waals surface area contributed by atoms with Crippen LogP contribution >= 0.6 is 11.8 Å². The maximum absolute atomic E-state index is 12.1. The summed E-state index contributed by atoms with van der Waals surface area (Å²) >= 11 is 1.88. The monoisotopic (exact) mass is 295 g/mol. The number of nitro benzene ring substituents is 1. The van der Waals surface area contributed by atoms with Gasteiger partial charge in [-0.05, 0) is 36.5 Å². The van der Waals surface area contributed by atoms with Crippen molar-refractivity contribution in [1.29, 1.82) is 0 Å². The fourth-order valence-corrected chi connectivity index (χ4v) is 3.25. The molecule has 1 aromatic rings. The van der Waals surface area contributed by atoms with Crippen LogP contribution in [0.25, 0.3) is 0 Å². The number of nitrogens with zero attached hydrogens (tertiary/aromatic N) is 1. The Morgan fingerprint density at radius 3 is 2.70 bits per heavy atom. The minimum absolute atomic E-state index is 0.0839. The minimum atomic E-state index is -0.486. The SMILES string of the molecule is CNc1ccc(C(=O)NC2CCSCC2)cc1[N+](=O)[O-]. The Morgan fingerprint density at radius 1 is 1.40 bits per heavy atom. The van der Waals surface area contributed by atoms with Crippen LogP contribution in [-0.2, 0) is 0 Å². The summed E-state index contributed by atoms with van der Waals surface area (Å²) in [6, 6.07) is 4.65. The summed E-state index contributed by atoms with van der Waals surface area (Å²) in [4.78, 5) is 22.6. The standard InChI is InChI=1S/C13H17N3O3S/c1-14-11-3-2-9(8-12(11)16(18)19)13(17)15-10-4-6-20-7-5-10/h2-3,8,10,14H,4-7H2,1H3,(H,15,17). The summed E-state index contributed by atoms with van der Waals surface area (Å²) in [5, 5.41) is 16.7. The number of amides is 1.